The average Bonchev–Trinajstić information content (AvgIpc) is 2.22. The molecule has 17 heavy (non-hydrogen) atoms. The van der Waals surface area contributed by atoms with Crippen LogP contribution in [-0.4, -0.2) is 11.9 Å². The van der Waals surface area contributed by atoms with E-state index in [0.29, 0.717) is 15.7 Å². The van der Waals surface area contributed by atoms with Crippen LogP contribution < -0.4 is 11.1 Å². The topological polar surface area (TPSA) is 55.1 Å². The van der Waals surface area contributed by atoms with Crippen LogP contribution >= 0.6 is 23.2 Å². The molecule has 0 aromatic heterocycles. The minimum Gasteiger partial charge on any atom is -0.323 e. The summed E-state index contributed by atoms with van der Waals surface area (Å²) >= 11 is 11.8. The van der Waals surface area contributed by atoms with Crippen LogP contribution in [0.3, 0.4) is 0 Å². The second-order valence-electron chi connectivity index (χ2n) is 4.93. The number of benzene rings is 1. The van der Waals surface area contributed by atoms with Crippen molar-refractivity contribution in [2.75, 3.05) is 5.32 Å². The molecule has 0 radical (unpaired) electrons. The van der Waals surface area contributed by atoms with Crippen LogP contribution in [0.5, 0.6) is 0 Å². The molecule has 1 atom stereocenters. The monoisotopic (exact) mass is 274 g/mol. The van der Waals surface area contributed by atoms with E-state index in [9.17, 15) is 4.79 Å². The predicted molar refractivity (Wildman–Crippen MR) is 72.5 cm³/mol. The SMILES string of the molecule is CC(C)(C)[C@@H](N)C(=O)Nc1cccc(Cl)c1Cl. The lowest BCUT2D eigenvalue weighted by Crippen LogP contribution is -2.45. The third-order valence-electron chi connectivity index (χ3n) is 2.42. The zero-order chi connectivity index (χ0) is 13.2. The summed E-state index contributed by atoms with van der Waals surface area (Å²) in [5, 5.41) is 3.40. The Morgan fingerprint density at radius 3 is 2.47 bits per heavy atom. The van der Waals surface area contributed by atoms with Crippen LogP contribution in [0.4, 0.5) is 5.69 Å². The molecule has 1 aromatic rings. The molecular weight excluding hydrogens is 259 g/mol. The predicted octanol–water partition coefficient (Wildman–Crippen LogP) is 3.31. The Morgan fingerprint density at radius 1 is 1.35 bits per heavy atom. The molecule has 94 valence electrons. The van der Waals surface area contributed by atoms with Crippen molar-refractivity contribution < 1.29 is 4.79 Å². The molecular formula is C12H16Cl2N2O. The Bertz CT molecular complexity index is 427. The molecule has 0 fully saturated rings. The van der Waals surface area contributed by atoms with Gasteiger partial charge in [-0.15, -0.1) is 0 Å². The van der Waals surface area contributed by atoms with Crippen molar-refractivity contribution in [3.05, 3.63) is 28.2 Å². The second-order valence-corrected chi connectivity index (χ2v) is 5.72. The number of rotatable bonds is 2. The summed E-state index contributed by atoms with van der Waals surface area (Å²) in [7, 11) is 0. The number of hydrogen-bond donors (Lipinski definition) is 2. The zero-order valence-electron chi connectivity index (χ0n) is 10.1. The molecule has 1 amide bonds. The van der Waals surface area contributed by atoms with Crippen LogP contribution in [-0.2, 0) is 4.79 Å². The standard InChI is InChI=1S/C12H16Cl2N2O/c1-12(2,3)10(15)11(17)16-8-6-4-5-7(13)9(8)14/h4-6,10H,15H2,1-3H3,(H,16,17)/t10-/m0/s1. The van der Waals surface area contributed by atoms with E-state index in [1.807, 2.05) is 20.8 Å². The second kappa shape index (κ2) is 5.25. The summed E-state index contributed by atoms with van der Waals surface area (Å²) in [5.41, 5.74) is 6.01. The number of carbonyl (C=O) groups is 1. The van der Waals surface area contributed by atoms with Gasteiger partial charge >= 0.3 is 0 Å². The number of hydrogen-bond acceptors (Lipinski definition) is 2. The molecule has 0 aliphatic heterocycles. The molecule has 0 aliphatic carbocycles. The van der Waals surface area contributed by atoms with Crippen molar-refractivity contribution in [3.63, 3.8) is 0 Å². The van der Waals surface area contributed by atoms with Crippen molar-refractivity contribution >= 4 is 34.8 Å². The first-order valence-corrected chi connectivity index (χ1v) is 5.99. The average molecular weight is 275 g/mol. The minimum atomic E-state index is -0.613. The van der Waals surface area contributed by atoms with E-state index in [4.69, 9.17) is 28.9 Å². The van der Waals surface area contributed by atoms with Gasteiger partial charge in [0.25, 0.3) is 0 Å². The Hall–Kier alpha value is -0.770. The van der Waals surface area contributed by atoms with Gasteiger partial charge in [0.1, 0.15) is 0 Å². The lowest BCUT2D eigenvalue weighted by atomic mass is 9.87. The van der Waals surface area contributed by atoms with Gasteiger partial charge in [0.2, 0.25) is 5.91 Å². The third kappa shape index (κ3) is 3.60. The molecule has 0 spiro atoms. The molecule has 3 N–H and O–H groups in total. The maximum atomic E-state index is 11.9. The van der Waals surface area contributed by atoms with E-state index in [-0.39, 0.29) is 11.3 Å². The van der Waals surface area contributed by atoms with Crippen LogP contribution in [0, 0.1) is 5.41 Å². The lowest BCUT2D eigenvalue weighted by Gasteiger charge is -2.26. The molecule has 0 bridgehead atoms. The third-order valence-corrected chi connectivity index (χ3v) is 3.24. The van der Waals surface area contributed by atoms with Crippen LogP contribution in [0.1, 0.15) is 20.8 Å². The summed E-state index contributed by atoms with van der Waals surface area (Å²) in [6.07, 6.45) is 0. The van der Waals surface area contributed by atoms with Gasteiger partial charge < -0.3 is 11.1 Å². The van der Waals surface area contributed by atoms with E-state index in [1.54, 1.807) is 18.2 Å². The smallest absolute Gasteiger partial charge is 0.241 e. The van der Waals surface area contributed by atoms with Crippen LogP contribution in [0.15, 0.2) is 18.2 Å². The van der Waals surface area contributed by atoms with Gasteiger partial charge in [-0.05, 0) is 17.5 Å². The summed E-state index contributed by atoms with van der Waals surface area (Å²) in [6.45, 7) is 5.70. The fourth-order valence-corrected chi connectivity index (χ4v) is 1.55. The molecule has 5 heteroatoms. The summed E-state index contributed by atoms with van der Waals surface area (Å²) in [5.74, 6) is -0.276. The van der Waals surface area contributed by atoms with Gasteiger partial charge in [0, 0.05) is 0 Å². The highest BCUT2D eigenvalue weighted by atomic mass is 35.5. The quantitative estimate of drug-likeness (QED) is 0.870. The van der Waals surface area contributed by atoms with E-state index in [2.05, 4.69) is 5.32 Å². The fraction of sp³-hybridized carbons (Fsp3) is 0.417. The van der Waals surface area contributed by atoms with Crippen LogP contribution in [0.25, 0.3) is 0 Å². The van der Waals surface area contributed by atoms with E-state index < -0.39 is 6.04 Å². The highest BCUT2D eigenvalue weighted by Gasteiger charge is 2.27. The number of amides is 1. The molecule has 0 heterocycles. The number of nitrogens with one attached hydrogen (secondary N) is 1. The van der Waals surface area contributed by atoms with E-state index in [0.717, 1.165) is 0 Å². The fourth-order valence-electron chi connectivity index (χ4n) is 1.20. The van der Waals surface area contributed by atoms with Gasteiger partial charge in [-0.3, -0.25) is 4.79 Å². The van der Waals surface area contributed by atoms with Gasteiger partial charge in [-0.1, -0.05) is 50.0 Å². The molecule has 0 saturated carbocycles. The Kier molecular flexibility index (Phi) is 4.42. The maximum Gasteiger partial charge on any atom is 0.241 e. The highest BCUT2D eigenvalue weighted by molar-refractivity contribution is 6.44. The van der Waals surface area contributed by atoms with Crippen molar-refractivity contribution in [1.29, 1.82) is 0 Å². The number of carbonyl (C=O) groups excluding carboxylic acids is 1. The number of halogens is 2. The maximum absolute atomic E-state index is 11.9. The van der Waals surface area contributed by atoms with E-state index in [1.165, 1.54) is 0 Å². The summed E-state index contributed by atoms with van der Waals surface area (Å²) < 4.78 is 0. The summed E-state index contributed by atoms with van der Waals surface area (Å²) in [6, 6.07) is 4.44. The molecule has 3 nitrogen and oxygen atoms in total. The van der Waals surface area contributed by atoms with Gasteiger partial charge in [-0.2, -0.15) is 0 Å². The highest BCUT2D eigenvalue weighted by Crippen LogP contribution is 2.30. The normalized spacial score (nSPS) is 13.3. The zero-order valence-corrected chi connectivity index (χ0v) is 11.6. The van der Waals surface area contributed by atoms with Gasteiger partial charge in [-0.25, -0.2) is 0 Å². The lowest BCUT2D eigenvalue weighted by molar-refractivity contribution is -0.119. The van der Waals surface area contributed by atoms with Crippen molar-refractivity contribution in [1.82, 2.24) is 0 Å². The van der Waals surface area contributed by atoms with Crippen molar-refractivity contribution in [2.45, 2.75) is 26.8 Å². The first-order chi connectivity index (χ1) is 7.73. The molecule has 1 rings (SSSR count). The first-order valence-electron chi connectivity index (χ1n) is 5.24. The summed E-state index contributed by atoms with van der Waals surface area (Å²) in [4.78, 5) is 11.9. The molecule has 0 unspecified atom stereocenters. The molecule has 0 saturated heterocycles. The Balaban J connectivity index is 2.86. The number of nitrogens with two attached hydrogens (primary N) is 1. The Morgan fingerprint density at radius 2 is 1.94 bits per heavy atom. The molecule has 1 aromatic carbocycles. The van der Waals surface area contributed by atoms with Crippen LogP contribution in [0.2, 0.25) is 10.0 Å². The Labute approximate surface area is 111 Å². The first kappa shape index (κ1) is 14.3. The van der Waals surface area contributed by atoms with Gasteiger partial charge in [0.15, 0.2) is 0 Å². The van der Waals surface area contributed by atoms with Crippen molar-refractivity contribution in [2.24, 2.45) is 11.1 Å². The van der Waals surface area contributed by atoms with E-state index >= 15 is 0 Å². The minimum absolute atomic E-state index is 0.276. The number of anilines is 1. The van der Waals surface area contributed by atoms with Gasteiger partial charge in [0.05, 0.1) is 21.8 Å². The largest absolute Gasteiger partial charge is 0.323 e. The van der Waals surface area contributed by atoms with Crippen molar-refractivity contribution in [3.8, 4) is 0 Å². The molecule has 0 aliphatic rings.